The zero-order chi connectivity index (χ0) is 11.6. The van der Waals surface area contributed by atoms with Gasteiger partial charge in [0.15, 0.2) is 5.66 Å². The van der Waals surface area contributed by atoms with Crippen LogP contribution in [0.25, 0.3) is 0 Å². The number of para-hydroxylation sites is 1. The van der Waals surface area contributed by atoms with Crippen LogP contribution in [-0.4, -0.2) is 11.6 Å². The first-order valence-electron chi connectivity index (χ1n) is 5.39. The summed E-state index contributed by atoms with van der Waals surface area (Å²) in [4.78, 5) is 11.6. The smallest absolute Gasteiger partial charge is 0.224 e. The first-order chi connectivity index (χ1) is 7.59. The maximum atomic E-state index is 11.6. The van der Waals surface area contributed by atoms with Crippen LogP contribution >= 0.6 is 0 Å². The second-order valence-corrected chi connectivity index (χ2v) is 4.28. The number of amides is 1. The van der Waals surface area contributed by atoms with E-state index in [0.717, 1.165) is 11.3 Å². The fourth-order valence-electron chi connectivity index (χ4n) is 1.46. The van der Waals surface area contributed by atoms with Gasteiger partial charge in [-0.1, -0.05) is 18.2 Å². The molecule has 0 aromatic heterocycles. The van der Waals surface area contributed by atoms with Gasteiger partial charge in [0, 0.05) is 18.5 Å². The normalized spacial score (nSPS) is 15.9. The van der Waals surface area contributed by atoms with Gasteiger partial charge in [0.1, 0.15) is 0 Å². The summed E-state index contributed by atoms with van der Waals surface area (Å²) in [6, 6.07) is 7.74. The molecule has 0 saturated carbocycles. The molecule has 1 aliphatic heterocycles. The summed E-state index contributed by atoms with van der Waals surface area (Å²) >= 11 is 0. The molecule has 0 aliphatic carbocycles. The molecule has 1 aromatic carbocycles. The molecule has 4 nitrogen and oxygen atoms in total. The van der Waals surface area contributed by atoms with Crippen LogP contribution in [0, 0.1) is 6.92 Å². The van der Waals surface area contributed by atoms with Crippen LogP contribution in [0.3, 0.4) is 0 Å². The van der Waals surface area contributed by atoms with Crippen LogP contribution in [0.1, 0.15) is 25.3 Å². The number of nitrogens with one attached hydrogen (secondary N) is 1. The predicted molar refractivity (Wildman–Crippen MR) is 62.3 cm³/mol. The number of aryl methyl sites for hydroxylation is 1. The van der Waals surface area contributed by atoms with Gasteiger partial charge in [-0.25, -0.2) is 0 Å². The van der Waals surface area contributed by atoms with Gasteiger partial charge < -0.3 is 5.32 Å². The van der Waals surface area contributed by atoms with E-state index in [1.165, 1.54) is 0 Å². The molecule has 0 atom stereocenters. The van der Waals surface area contributed by atoms with E-state index in [0.29, 0.717) is 12.8 Å². The quantitative estimate of drug-likeness (QED) is 0.828. The van der Waals surface area contributed by atoms with Crippen LogP contribution in [0.15, 0.2) is 34.5 Å². The average molecular weight is 217 g/mol. The molecule has 1 heterocycles. The van der Waals surface area contributed by atoms with E-state index in [2.05, 4.69) is 15.5 Å². The van der Waals surface area contributed by atoms with Gasteiger partial charge in [-0.05, 0) is 25.5 Å². The number of rotatable bonds is 4. The maximum absolute atomic E-state index is 11.6. The molecule has 84 valence electrons. The number of hydrogen-bond donors (Lipinski definition) is 1. The largest absolute Gasteiger partial charge is 0.326 e. The minimum absolute atomic E-state index is 0.0211. The first kappa shape index (κ1) is 10.8. The highest BCUT2D eigenvalue weighted by molar-refractivity contribution is 5.91. The van der Waals surface area contributed by atoms with Gasteiger partial charge >= 0.3 is 0 Å². The third-order valence-electron chi connectivity index (χ3n) is 2.69. The van der Waals surface area contributed by atoms with E-state index in [1.807, 2.05) is 38.1 Å². The molecule has 1 aliphatic rings. The van der Waals surface area contributed by atoms with E-state index < -0.39 is 0 Å². The lowest BCUT2D eigenvalue weighted by Crippen LogP contribution is -2.15. The second-order valence-electron chi connectivity index (χ2n) is 4.28. The predicted octanol–water partition coefficient (Wildman–Crippen LogP) is 2.90. The topological polar surface area (TPSA) is 53.8 Å². The van der Waals surface area contributed by atoms with E-state index in [1.54, 1.807) is 0 Å². The Morgan fingerprint density at radius 3 is 2.69 bits per heavy atom. The molecule has 0 unspecified atom stereocenters. The van der Waals surface area contributed by atoms with Crippen molar-refractivity contribution in [2.75, 3.05) is 5.32 Å². The zero-order valence-electron chi connectivity index (χ0n) is 9.53. The summed E-state index contributed by atoms with van der Waals surface area (Å²) in [7, 11) is 0. The van der Waals surface area contributed by atoms with Gasteiger partial charge in [-0.3, -0.25) is 4.79 Å². The summed E-state index contributed by atoms with van der Waals surface area (Å²) in [6.07, 6.45) is 1.14. The molecule has 0 saturated heterocycles. The summed E-state index contributed by atoms with van der Waals surface area (Å²) < 4.78 is 0. The highest BCUT2D eigenvalue weighted by atomic mass is 16.1. The number of carbonyl (C=O) groups excluding carboxylic acids is 1. The Kier molecular flexibility index (Phi) is 2.73. The van der Waals surface area contributed by atoms with Gasteiger partial charge in [-0.15, -0.1) is 0 Å². The first-order valence-corrected chi connectivity index (χ1v) is 5.39. The minimum atomic E-state index is -0.289. The highest BCUT2D eigenvalue weighted by Gasteiger charge is 2.33. The van der Waals surface area contributed by atoms with Crippen LogP contribution < -0.4 is 5.32 Å². The molecule has 16 heavy (non-hydrogen) atoms. The molecule has 1 amide bonds. The Hall–Kier alpha value is -1.71. The molecular weight excluding hydrogens is 202 g/mol. The number of hydrogen-bond acceptors (Lipinski definition) is 3. The van der Waals surface area contributed by atoms with Gasteiger partial charge in [0.2, 0.25) is 5.91 Å². The van der Waals surface area contributed by atoms with Crippen molar-refractivity contribution in [2.45, 2.75) is 32.4 Å². The van der Waals surface area contributed by atoms with Crippen LogP contribution in [0.4, 0.5) is 5.69 Å². The maximum Gasteiger partial charge on any atom is 0.224 e. The van der Waals surface area contributed by atoms with Gasteiger partial charge in [0.25, 0.3) is 0 Å². The highest BCUT2D eigenvalue weighted by Crippen LogP contribution is 2.32. The van der Waals surface area contributed by atoms with Crippen molar-refractivity contribution in [3.05, 3.63) is 29.8 Å². The Morgan fingerprint density at radius 1 is 1.38 bits per heavy atom. The standard InChI is InChI=1S/C12H15N3O/c1-9-5-3-4-6-10(9)13-11(16)7-8-12(2)14-15-12/h3-6H,7-8H2,1-2H3,(H,13,16). The van der Waals surface area contributed by atoms with Crippen molar-refractivity contribution in [3.63, 3.8) is 0 Å². The third-order valence-corrected chi connectivity index (χ3v) is 2.69. The molecule has 0 bridgehead atoms. The molecule has 0 radical (unpaired) electrons. The fourth-order valence-corrected chi connectivity index (χ4v) is 1.46. The van der Waals surface area contributed by atoms with Crippen molar-refractivity contribution in [3.8, 4) is 0 Å². The number of anilines is 1. The monoisotopic (exact) mass is 217 g/mol. The lowest BCUT2D eigenvalue weighted by atomic mass is 10.1. The van der Waals surface area contributed by atoms with Crippen LogP contribution in [0.5, 0.6) is 0 Å². The third kappa shape index (κ3) is 2.66. The Balaban J connectivity index is 1.85. The molecule has 1 N–H and O–H groups in total. The van der Waals surface area contributed by atoms with Crippen molar-refractivity contribution in [1.82, 2.24) is 0 Å². The van der Waals surface area contributed by atoms with Crippen molar-refractivity contribution < 1.29 is 4.79 Å². The number of nitrogens with zero attached hydrogens (tertiary/aromatic N) is 2. The van der Waals surface area contributed by atoms with Crippen molar-refractivity contribution in [2.24, 2.45) is 10.2 Å². The second kappa shape index (κ2) is 4.04. The van der Waals surface area contributed by atoms with E-state index in [4.69, 9.17) is 0 Å². The Labute approximate surface area is 94.8 Å². The van der Waals surface area contributed by atoms with Crippen LogP contribution in [0.2, 0.25) is 0 Å². The van der Waals surface area contributed by atoms with Gasteiger partial charge in [0.05, 0.1) is 0 Å². The molecule has 2 rings (SSSR count). The van der Waals surface area contributed by atoms with E-state index in [-0.39, 0.29) is 11.6 Å². The molecule has 1 aromatic rings. The number of carbonyl (C=O) groups is 1. The Morgan fingerprint density at radius 2 is 2.06 bits per heavy atom. The summed E-state index contributed by atoms with van der Waals surface area (Å²) in [6.45, 7) is 3.90. The molecule has 0 fully saturated rings. The van der Waals surface area contributed by atoms with Crippen molar-refractivity contribution in [1.29, 1.82) is 0 Å². The van der Waals surface area contributed by atoms with Crippen LogP contribution in [-0.2, 0) is 4.79 Å². The SMILES string of the molecule is Cc1ccccc1NC(=O)CCC1(C)N=N1. The fraction of sp³-hybridized carbons (Fsp3) is 0.417. The Bertz CT molecular complexity index is 434. The average Bonchev–Trinajstić information content (AvgIpc) is 2.98. The minimum Gasteiger partial charge on any atom is -0.326 e. The van der Waals surface area contributed by atoms with Gasteiger partial charge in [-0.2, -0.15) is 10.2 Å². The lowest BCUT2D eigenvalue weighted by molar-refractivity contribution is -0.116. The van der Waals surface area contributed by atoms with E-state index >= 15 is 0 Å². The lowest BCUT2D eigenvalue weighted by Gasteiger charge is -2.08. The number of benzene rings is 1. The van der Waals surface area contributed by atoms with E-state index in [9.17, 15) is 4.79 Å². The van der Waals surface area contributed by atoms with Crippen molar-refractivity contribution >= 4 is 11.6 Å². The summed E-state index contributed by atoms with van der Waals surface area (Å²) in [5, 5.41) is 10.6. The summed E-state index contributed by atoms with van der Waals surface area (Å²) in [5.74, 6) is 0.0211. The zero-order valence-corrected chi connectivity index (χ0v) is 9.53. The molecular formula is C12H15N3O. The molecule has 4 heteroatoms. The molecule has 0 spiro atoms. The summed E-state index contributed by atoms with van der Waals surface area (Å²) in [5.41, 5.74) is 1.66.